The molecule has 0 saturated heterocycles. The van der Waals surface area contributed by atoms with Crippen molar-refractivity contribution in [1.29, 1.82) is 0 Å². The maximum absolute atomic E-state index is 10.8. The van der Waals surface area contributed by atoms with Gasteiger partial charge in [-0.1, -0.05) is 0 Å². The van der Waals surface area contributed by atoms with Crippen molar-refractivity contribution in [2.75, 3.05) is 0 Å². The standard InChI is InChI=1S/C14H12N6O2/c1-9-10(2)17-13(11-3-5-15-6-4-11)18-14(9)19-8-12(7-16-19)20(21)22/h3-8H,1-2H3. The van der Waals surface area contributed by atoms with E-state index in [9.17, 15) is 10.1 Å². The summed E-state index contributed by atoms with van der Waals surface area (Å²) in [5.41, 5.74) is 2.34. The molecule has 110 valence electrons. The Balaban J connectivity index is 2.14. The highest BCUT2D eigenvalue weighted by atomic mass is 16.6. The van der Waals surface area contributed by atoms with Crippen LogP contribution in [0.15, 0.2) is 36.9 Å². The van der Waals surface area contributed by atoms with Crippen molar-refractivity contribution in [2.24, 2.45) is 0 Å². The van der Waals surface area contributed by atoms with Gasteiger partial charge in [0.1, 0.15) is 12.4 Å². The molecule has 0 fully saturated rings. The third kappa shape index (κ3) is 2.41. The van der Waals surface area contributed by atoms with Crippen LogP contribution in [-0.2, 0) is 0 Å². The lowest BCUT2D eigenvalue weighted by atomic mass is 10.2. The molecule has 3 rings (SSSR count). The highest BCUT2D eigenvalue weighted by Crippen LogP contribution is 2.21. The van der Waals surface area contributed by atoms with E-state index >= 15 is 0 Å². The molecule has 3 aromatic rings. The molecule has 3 heterocycles. The van der Waals surface area contributed by atoms with Gasteiger partial charge in [0.25, 0.3) is 0 Å². The molecule has 0 aliphatic carbocycles. The molecule has 0 aliphatic rings. The maximum Gasteiger partial charge on any atom is 0.307 e. The number of aryl methyl sites for hydroxylation is 1. The van der Waals surface area contributed by atoms with Gasteiger partial charge in [0.05, 0.1) is 4.92 Å². The number of hydrogen-bond donors (Lipinski definition) is 0. The molecule has 0 bridgehead atoms. The molecule has 0 unspecified atom stereocenters. The molecule has 0 saturated carbocycles. The second kappa shape index (κ2) is 5.32. The number of rotatable bonds is 3. The van der Waals surface area contributed by atoms with Crippen LogP contribution in [0.5, 0.6) is 0 Å². The molecule has 0 amide bonds. The van der Waals surface area contributed by atoms with Gasteiger partial charge in [0.2, 0.25) is 0 Å². The molecule has 0 atom stereocenters. The van der Waals surface area contributed by atoms with Crippen molar-refractivity contribution in [2.45, 2.75) is 13.8 Å². The Kier molecular flexibility index (Phi) is 3.34. The van der Waals surface area contributed by atoms with Crippen LogP contribution in [0.4, 0.5) is 5.69 Å². The molecule has 22 heavy (non-hydrogen) atoms. The lowest BCUT2D eigenvalue weighted by molar-refractivity contribution is -0.384. The molecule has 0 aliphatic heterocycles. The highest BCUT2D eigenvalue weighted by Gasteiger charge is 2.15. The molecular weight excluding hydrogens is 284 g/mol. The molecule has 0 radical (unpaired) electrons. The second-order valence-corrected chi connectivity index (χ2v) is 4.72. The first-order valence-corrected chi connectivity index (χ1v) is 6.51. The number of aromatic nitrogens is 5. The third-order valence-electron chi connectivity index (χ3n) is 3.30. The Morgan fingerprint density at radius 1 is 1.18 bits per heavy atom. The summed E-state index contributed by atoms with van der Waals surface area (Å²) in [6, 6.07) is 3.61. The smallest absolute Gasteiger partial charge is 0.265 e. The van der Waals surface area contributed by atoms with E-state index in [0.717, 1.165) is 16.8 Å². The number of hydrogen-bond acceptors (Lipinski definition) is 6. The molecule has 0 aromatic carbocycles. The van der Waals surface area contributed by atoms with Gasteiger partial charge in [-0.3, -0.25) is 15.1 Å². The van der Waals surface area contributed by atoms with Crippen LogP contribution in [0.3, 0.4) is 0 Å². The Hall–Kier alpha value is -3.16. The van der Waals surface area contributed by atoms with Crippen LogP contribution in [0.25, 0.3) is 17.2 Å². The van der Waals surface area contributed by atoms with Crippen LogP contribution < -0.4 is 0 Å². The van der Waals surface area contributed by atoms with E-state index in [1.54, 1.807) is 24.5 Å². The fourth-order valence-corrected chi connectivity index (χ4v) is 1.99. The summed E-state index contributed by atoms with van der Waals surface area (Å²) in [6.07, 6.45) is 5.85. The average Bonchev–Trinajstić information content (AvgIpc) is 3.01. The van der Waals surface area contributed by atoms with E-state index < -0.39 is 4.92 Å². The van der Waals surface area contributed by atoms with Crippen molar-refractivity contribution in [3.63, 3.8) is 0 Å². The van der Waals surface area contributed by atoms with E-state index in [0.29, 0.717) is 11.6 Å². The third-order valence-corrected chi connectivity index (χ3v) is 3.30. The van der Waals surface area contributed by atoms with Gasteiger partial charge in [-0.15, -0.1) is 0 Å². The first kappa shape index (κ1) is 13.8. The van der Waals surface area contributed by atoms with Crippen molar-refractivity contribution in [3.8, 4) is 17.2 Å². The first-order valence-electron chi connectivity index (χ1n) is 6.51. The maximum atomic E-state index is 10.8. The predicted octanol–water partition coefficient (Wildman–Crippen LogP) is 2.25. The fraction of sp³-hybridized carbons (Fsp3) is 0.143. The molecule has 3 aromatic heterocycles. The first-order chi connectivity index (χ1) is 10.6. The van der Waals surface area contributed by atoms with Crippen molar-refractivity contribution in [3.05, 3.63) is 58.3 Å². The lowest BCUT2D eigenvalue weighted by Crippen LogP contribution is -2.06. The average molecular weight is 296 g/mol. The molecule has 0 spiro atoms. The Morgan fingerprint density at radius 3 is 2.55 bits per heavy atom. The highest BCUT2D eigenvalue weighted by molar-refractivity contribution is 5.56. The summed E-state index contributed by atoms with van der Waals surface area (Å²) in [5, 5.41) is 14.8. The number of nitro groups is 1. The summed E-state index contributed by atoms with van der Waals surface area (Å²) in [4.78, 5) is 23.2. The van der Waals surface area contributed by atoms with Crippen LogP contribution in [0.2, 0.25) is 0 Å². The normalized spacial score (nSPS) is 10.6. The minimum Gasteiger partial charge on any atom is -0.265 e. The van der Waals surface area contributed by atoms with Gasteiger partial charge in [-0.25, -0.2) is 14.6 Å². The summed E-state index contributed by atoms with van der Waals surface area (Å²) in [7, 11) is 0. The second-order valence-electron chi connectivity index (χ2n) is 4.72. The minimum atomic E-state index is -0.489. The Bertz CT molecular complexity index is 844. The topological polar surface area (TPSA) is 99.6 Å². The van der Waals surface area contributed by atoms with Gasteiger partial charge in [-0.2, -0.15) is 5.10 Å². The van der Waals surface area contributed by atoms with E-state index in [1.165, 1.54) is 17.1 Å². The summed E-state index contributed by atoms with van der Waals surface area (Å²) in [5.74, 6) is 1.05. The molecule has 0 N–H and O–H groups in total. The zero-order valence-corrected chi connectivity index (χ0v) is 12.0. The van der Waals surface area contributed by atoms with E-state index in [1.807, 2.05) is 13.8 Å². The van der Waals surface area contributed by atoms with Gasteiger partial charge in [0.15, 0.2) is 11.6 Å². The fourth-order valence-electron chi connectivity index (χ4n) is 1.99. The summed E-state index contributed by atoms with van der Waals surface area (Å²) < 4.78 is 1.40. The van der Waals surface area contributed by atoms with Crippen molar-refractivity contribution < 1.29 is 4.92 Å². The lowest BCUT2D eigenvalue weighted by Gasteiger charge is -2.09. The van der Waals surface area contributed by atoms with Crippen LogP contribution in [0.1, 0.15) is 11.3 Å². The molecule has 8 nitrogen and oxygen atoms in total. The zero-order chi connectivity index (χ0) is 15.7. The van der Waals surface area contributed by atoms with E-state index in [-0.39, 0.29) is 5.69 Å². The zero-order valence-electron chi connectivity index (χ0n) is 12.0. The van der Waals surface area contributed by atoms with Gasteiger partial charge >= 0.3 is 5.69 Å². The number of nitrogens with zero attached hydrogens (tertiary/aromatic N) is 6. The number of pyridine rings is 1. The van der Waals surface area contributed by atoms with Crippen LogP contribution in [-0.4, -0.2) is 29.7 Å². The summed E-state index contributed by atoms with van der Waals surface area (Å²) >= 11 is 0. The summed E-state index contributed by atoms with van der Waals surface area (Å²) in [6.45, 7) is 3.72. The van der Waals surface area contributed by atoms with Gasteiger partial charge < -0.3 is 0 Å². The van der Waals surface area contributed by atoms with E-state index in [4.69, 9.17) is 0 Å². The van der Waals surface area contributed by atoms with Crippen molar-refractivity contribution in [1.82, 2.24) is 24.7 Å². The van der Waals surface area contributed by atoms with Crippen molar-refractivity contribution >= 4 is 5.69 Å². The SMILES string of the molecule is Cc1nc(-c2ccncc2)nc(-n2cc([N+](=O)[O-])cn2)c1C. The largest absolute Gasteiger partial charge is 0.307 e. The van der Waals surface area contributed by atoms with Crippen LogP contribution in [0, 0.1) is 24.0 Å². The van der Waals surface area contributed by atoms with Gasteiger partial charge in [-0.05, 0) is 26.0 Å². The Morgan fingerprint density at radius 2 is 1.91 bits per heavy atom. The Labute approximate surface area is 125 Å². The monoisotopic (exact) mass is 296 g/mol. The minimum absolute atomic E-state index is 0.0823. The molecular formula is C14H12N6O2. The molecule has 8 heteroatoms. The van der Waals surface area contributed by atoms with Crippen LogP contribution >= 0.6 is 0 Å². The predicted molar refractivity (Wildman–Crippen MR) is 78.5 cm³/mol. The quantitative estimate of drug-likeness (QED) is 0.543. The van der Waals surface area contributed by atoms with Gasteiger partial charge in [0, 0.05) is 29.2 Å². The van der Waals surface area contributed by atoms with E-state index in [2.05, 4.69) is 20.1 Å².